The summed E-state index contributed by atoms with van der Waals surface area (Å²) in [6, 6.07) is 10.1. The summed E-state index contributed by atoms with van der Waals surface area (Å²) < 4.78 is 0. The molecule has 1 atom stereocenters. The maximum absolute atomic E-state index is 12.7. The number of hydrogen-bond acceptors (Lipinski definition) is 3. The summed E-state index contributed by atoms with van der Waals surface area (Å²) in [7, 11) is 0. The molecule has 1 aromatic rings. The standard InChI is InChI=1S/C18H21N3O3/c22-16-11-20(12-21(16)14-6-7-14)18(24)15-8-9-19(17(15)23)10-13-4-2-1-3-5-13/h1-5,14-15H,6-12H2. The van der Waals surface area contributed by atoms with Crippen molar-refractivity contribution in [1.82, 2.24) is 14.7 Å². The second-order valence-corrected chi connectivity index (χ2v) is 6.86. The van der Waals surface area contributed by atoms with E-state index >= 15 is 0 Å². The normalized spacial score (nSPS) is 24.2. The largest absolute Gasteiger partial charge is 0.338 e. The number of rotatable bonds is 4. The molecule has 6 nitrogen and oxygen atoms in total. The molecule has 24 heavy (non-hydrogen) atoms. The Balaban J connectivity index is 1.39. The van der Waals surface area contributed by atoms with Crippen LogP contribution in [0.15, 0.2) is 30.3 Å². The van der Waals surface area contributed by atoms with Gasteiger partial charge in [0.25, 0.3) is 0 Å². The minimum Gasteiger partial charge on any atom is -0.338 e. The van der Waals surface area contributed by atoms with Crippen LogP contribution in [0, 0.1) is 5.92 Å². The number of carbonyl (C=O) groups excluding carboxylic acids is 3. The second-order valence-electron chi connectivity index (χ2n) is 6.86. The van der Waals surface area contributed by atoms with Gasteiger partial charge in [0.2, 0.25) is 17.7 Å². The Morgan fingerprint density at radius 2 is 1.83 bits per heavy atom. The summed E-state index contributed by atoms with van der Waals surface area (Å²) in [5.74, 6) is -0.911. The van der Waals surface area contributed by atoms with Crippen LogP contribution in [0.25, 0.3) is 0 Å². The second kappa shape index (κ2) is 5.92. The molecule has 0 bridgehead atoms. The third kappa shape index (κ3) is 2.77. The molecule has 2 aliphatic heterocycles. The van der Waals surface area contributed by atoms with Gasteiger partial charge in [-0.15, -0.1) is 0 Å². The molecule has 3 amide bonds. The van der Waals surface area contributed by atoms with Crippen LogP contribution in [-0.4, -0.2) is 58.2 Å². The quantitative estimate of drug-likeness (QED) is 0.770. The smallest absolute Gasteiger partial charge is 0.243 e. The minimum absolute atomic E-state index is 0.0115. The van der Waals surface area contributed by atoms with E-state index in [4.69, 9.17) is 0 Å². The summed E-state index contributed by atoms with van der Waals surface area (Å²) in [5.41, 5.74) is 1.07. The van der Waals surface area contributed by atoms with E-state index in [0.717, 1.165) is 18.4 Å². The van der Waals surface area contributed by atoms with Gasteiger partial charge in [0.15, 0.2) is 0 Å². The van der Waals surface area contributed by atoms with Gasteiger partial charge in [-0.25, -0.2) is 0 Å². The molecule has 0 aromatic heterocycles. The number of amides is 3. The zero-order chi connectivity index (χ0) is 16.7. The Morgan fingerprint density at radius 1 is 1.08 bits per heavy atom. The molecule has 0 radical (unpaired) electrons. The van der Waals surface area contributed by atoms with E-state index in [2.05, 4.69) is 0 Å². The van der Waals surface area contributed by atoms with E-state index in [1.54, 1.807) is 14.7 Å². The molecule has 0 N–H and O–H groups in total. The molecule has 4 rings (SSSR count). The molecule has 2 heterocycles. The first kappa shape index (κ1) is 15.2. The fraction of sp³-hybridized carbons (Fsp3) is 0.500. The highest BCUT2D eigenvalue weighted by Gasteiger charge is 2.44. The van der Waals surface area contributed by atoms with Crippen LogP contribution in [0.2, 0.25) is 0 Å². The van der Waals surface area contributed by atoms with Crippen molar-refractivity contribution in [2.45, 2.75) is 31.8 Å². The molecule has 126 valence electrons. The lowest BCUT2D eigenvalue weighted by Crippen LogP contribution is -2.39. The summed E-state index contributed by atoms with van der Waals surface area (Å²) in [4.78, 5) is 42.4. The molecule has 3 aliphatic rings. The van der Waals surface area contributed by atoms with Crippen LogP contribution < -0.4 is 0 Å². The molecule has 6 heteroatoms. The van der Waals surface area contributed by atoms with E-state index in [1.165, 1.54) is 0 Å². The van der Waals surface area contributed by atoms with Crippen molar-refractivity contribution >= 4 is 17.7 Å². The van der Waals surface area contributed by atoms with Gasteiger partial charge in [0, 0.05) is 19.1 Å². The van der Waals surface area contributed by atoms with E-state index in [1.807, 2.05) is 30.3 Å². The summed E-state index contributed by atoms with van der Waals surface area (Å²) in [6.45, 7) is 1.61. The molecule has 1 aliphatic carbocycles. The summed E-state index contributed by atoms with van der Waals surface area (Å²) in [5, 5.41) is 0. The van der Waals surface area contributed by atoms with Gasteiger partial charge in [0.05, 0.1) is 6.67 Å². The number of carbonyl (C=O) groups is 3. The van der Waals surface area contributed by atoms with E-state index in [9.17, 15) is 14.4 Å². The average molecular weight is 327 g/mol. The topological polar surface area (TPSA) is 60.9 Å². The zero-order valence-electron chi connectivity index (χ0n) is 13.6. The van der Waals surface area contributed by atoms with E-state index < -0.39 is 5.92 Å². The highest BCUT2D eigenvalue weighted by atomic mass is 16.2. The average Bonchev–Trinajstić information content (AvgIpc) is 3.27. The van der Waals surface area contributed by atoms with Crippen LogP contribution in [0.1, 0.15) is 24.8 Å². The highest BCUT2D eigenvalue weighted by molar-refractivity contribution is 6.03. The van der Waals surface area contributed by atoms with Gasteiger partial charge >= 0.3 is 0 Å². The zero-order valence-corrected chi connectivity index (χ0v) is 13.6. The van der Waals surface area contributed by atoms with Crippen molar-refractivity contribution in [3.05, 3.63) is 35.9 Å². The lowest BCUT2D eigenvalue weighted by atomic mass is 10.1. The van der Waals surface area contributed by atoms with Crippen LogP contribution in [0.3, 0.4) is 0 Å². The first-order valence-electron chi connectivity index (χ1n) is 8.54. The maximum atomic E-state index is 12.7. The third-order valence-corrected chi connectivity index (χ3v) is 5.08. The van der Waals surface area contributed by atoms with Crippen LogP contribution in [0.4, 0.5) is 0 Å². The Morgan fingerprint density at radius 3 is 2.54 bits per heavy atom. The molecule has 1 aromatic carbocycles. The monoisotopic (exact) mass is 327 g/mol. The lowest BCUT2D eigenvalue weighted by Gasteiger charge is -2.21. The van der Waals surface area contributed by atoms with Gasteiger partial charge in [-0.1, -0.05) is 30.3 Å². The van der Waals surface area contributed by atoms with Crippen molar-refractivity contribution in [1.29, 1.82) is 0 Å². The van der Waals surface area contributed by atoms with Crippen molar-refractivity contribution < 1.29 is 14.4 Å². The molecule has 2 saturated heterocycles. The molecule has 1 saturated carbocycles. The van der Waals surface area contributed by atoms with Crippen LogP contribution >= 0.6 is 0 Å². The lowest BCUT2D eigenvalue weighted by molar-refractivity contribution is -0.143. The Bertz CT molecular complexity index is 671. The molecule has 1 unspecified atom stereocenters. The van der Waals surface area contributed by atoms with Gasteiger partial charge in [0.1, 0.15) is 12.5 Å². The fourth-order valence-electron chi connectivity index (χ4n) is 3.57. The molecule has 0 spiro atoms. The van der Waals surface area contributed by atoms with E-state index in [0.29, 0.717) is 32.2 Å². The maximum Gasteiger partial charge on any atom is 0.243 e. The van der Waals surface area contributed by atoms with E-state index in [-0.39, 0.29) is 24.3 Å². The summed E-state index contributed by atoms with van der Waals surface area (Å²) >= 11 is 0. The Hall–Kier alpha value is -2.37. The Labute approximate surface area is 141 Å². The molecule has 3 fully saturated rings. The highest BCUT2D eigenvalue weighted by Crippen LogP contribution is 2.31. The number of nitrogens with zero attached hydrogens (tertiary/aromatic N) is 3. The van der Waals surface area contributed by atoms with Gasteiger partial charge in [-0.2, -0.15) is 0 Å². The van der Waals surface area contributed by atoms with Gasteiger partial charge in [-0.3, -0.25) is 14.4 Å². The van der Waals surface area contributed by atoms with Crippen molar-refractivity contribution in [3.8, 4) is 0 Å². The predicted molar refractivity (Wildman–Crippen MR) is 86.4 cm³/mol. The predicted octanol–water partition coefficient (Wildman–Crippen LogP) is 0.826. The van der Waals surface area contributed by atoms with Gasteiger partial charge in [-0.05, 0) is 24.8 Å². The Kier molecular flexibility index (Phi) is 3.75. The van der Waals surface area contributed by atoms with Crippen molar-refractivity contribution in [2.24, 2.45) is 5.92 Å². The first-order chi connectivity index (χ1) is 11.6. The summed E-state index contributed by atoms with van der Waals surface area (Å²) in [6.07, 6.45) is 2.60. The van der Waals surface area contributed by atoms with Crippen LogP contribution in [-0.2, 0) is 20.9 Å². The van der Waals surface area contributed by atoms with Crippen LogP contribution in [0.5, 0.6) is 0 Å². The first-order valence-corrected chi connectivity index (χ1v) is 8.54. The van der Waals surface area contributed by atoms with Crippen molar-refractivity contribution in [3.63, 3.8) is 0 Å². The third-order valence-electron chi connectivity index (χ3n) is 5.08. The van der Waals surface area contributed by atoms with Crippen molar-refractivity contribution in [2.75, 3.05) is 19.8 Å². The molecular weight excluding hydrogens is 306 g/mol. The van der Waals surface area contributed by atoms with Gasteiger partial charge < -0.3 is 14.7 Å². The number of likely N-dealkylation sites (tertiary alicyclic amines) is 1. The molecular formula is C18H21N3O3. The fourth-order valence-corrected chi connectivity index (χ4v) is 3.57. The number of hydrogen-bond donors (Lipinski definition) is 0. The number of benzene rings is 1. The SMILES string of the molecule is O=C1C(C(=O)N2CC(=O)N(C3CC3)C2)CCN1Cc1ccccc1. The minimum atomic E-state index is -0.624.